The maximum atomic E-state index is 12.8. The summed E-state index contributed by atoms with van der Waals surface area (Å²) < 4.78 is 26.6. The summed E-state index contributed by atoms with van der Waals surface area (Å²) in [6.07, 6.45) is 5.28. The Labute approximate surface area is 138 Å². The number of aliphatic carboxylic acids is 1. The second kappa shape index (κ2) is 5.93. The van der Waals surface area contributed by atoms with Crippen molar-refractivity contribution >= 4 is 33.1 Å². The summed E-state index contributed by atoms with van der Waals surface area (Å²) in [6, 6.07) is 9.90. The van der Waals surface area contributed by atoms with Gasteiger partial charge in [-0.2, -0.15) is 0 Å². The van der Waals surface area contributed by atoms with Crippen molar-refractivity contribution in [2.75, 3.05) is 0 Å². The average Bonchev–Trinajstić information content (AvgIpc) is 2.97. The lowest BCUT2D eigenvalue weighted by Gasteiger charge is -2.07. The van der Waals surface area contributed by atoms with Crippen molar-refractivity contribution < 1.29 is 18.3 Å². The van der Waals surface area contributed by atoms with Gasteiger partial charge in [0.1, 0.15) is 0 Å². The fraction of sp³-hybridized carbons (Fsp3) is 0.0588. The first-order valence-electron chi connectivity index (χ1n) is 7.08. The third-order valence-corrected chi connectivity index (χ3v) is 5.19. The number of fused-ring (bicyclic) bond motifs is 1. The van der Waals surface area contributed by atoms with Crippen molar-refractivity contribution in [1.29, 1.82) is 0 Å². The lowest BCUT2D eigenvalue weighted by molar-refractivity contribution is -0.131. The molecule has 1 aromatic carbocycles. The second-order valence-corrected chi connectivity index (χ2v) is 7.10. The number of benzene rings is 1. The van der Waals surface area contributed by atoms with Gasteiger partial charge < -0.3 is 5.11 Å². The van der Waals surface area contributed by atoms with E-state index >= 15 is 0 Å². The van der Waals surface area contributed by atoms with E-state index < -0.39 is 16.0 Å². The van der Waals surface area contributed by atoms with Crippen LogP contribution in [0, 0.1) is 6.92 Å². The molecule has 0 radical (unpaired) electrons. The Morgan fingerprint density at radius 1 is 1.21 bits per heavy atom. The number of hydrogen-bond acceptors (Lipinski definition) is 4. The minimum Gasteiger partial charge on any atom is -0.478 e. The van der Waals surface area contributed by atoms with Gasteiger partial charge in [0.05, 0.1) is 4.90 Å². The third-order valence-electron chi connectivity index (χ3n) is 3.51. The molecule has 0 fully saturated rings. The van der Waals surface area contributed by atoms with E-state index in [9.17, 15) is 13.2 Å². The van der Waals surface area contributed by atoms with Crippen molar-refractivity contribution in [2.24, 2.45) is 0 Å². The Balaban J connectivity index is 2.07. The number of rotatable bonds is 4. The van der Waals surface area contributed by atoms with Crippen LogP contribution in [0.25, 0.3) is 17.1 Å². The van der Waals surface area contributed by atoms with Crippen LogP contribution in [0.2, 0.25) is 0 Å². The summed E-state index contributed by atoms with van der Waals surface area (Å²) in [5.74, 6) is -1.06. The van der Waals surface area contributed by atoms with Crippen LogP contribution in [-0.4, -0.2) is 28.5 Å². The van der Waals surface area contributed by atoms with Crippen LogP contribution in [0.3, 0.4) is 0 Å². The predicted molar refractivity (Wildman–Crippen MR) is 90.2 cm³/mol. The number of aromatic nitrogens is 2. The van der Waals surface area contributed by atoms with Crippen molar-refractivity contribution in [3.63, 3.8) is 0 Å². The zero-order valence-corrected chi connectivity index (χ0v) is 13.6. The molecule has 6 nitrogen and oxygen atoms in total. The molecule has 3 rings (SSSR count). The third kappa shape index (κ3) is 2.93. The maximum absolute atomic E-state index is 12.8. The van der Waals surface area contributed by atoms with Crippen molar-refractivity contribution in [1.82, 2.24) is 8.96 Å². The first-order chi connectivity index (χ1) is 11.4. The monoisotopic (exact) mass is 342 g/mol. The van der Waals surface area contributed by atoms with Gasteiger partial charge in [-0.25, -0.2) is 22.2 Å². The highest BCUT2D eigenvalue weighted by Crippen LogP contribution is 2.22. The highest BCUT2D eigenvalue weighted by Gasteiger charge is 2.19. The van der Waals surface area contributed by atoms with Gasteiger partial charge in [0.15, 0.2) is 5.65 Å². The van der Waals surface area contributed by atoms with Crippen LogP contribution in [0.4, 0.5) is 0 Å². The molecule has 2 aromatic heterocycles. The fourth-order valence-electron chi connectivity index (χ4n) is 2.29. The quantitative estimate of drug-likeness (QED) is 0.736. The molecular formula is C17H14N2O4S. The smallest absolute Gasteiger partial charge is 0.328 e. The number of carboxylic acids is 1. The van der Waals surface area contributed by atoms with Crippen LogP contribution in [0.15, 0.2) is 59.8 Å². The summed E-state index contributed by atoms with van der Waals surface area (Å²) in [7, 11) is -3.74. The van der Waals surface area contributed by atoms with Crippen molar-refractivity contribution in [3.05, 3.63) is 66.0 Å². The molecule has 3 aromatic rings. The van der Waals surface area contributed by atoms with E-state index in [1.165, 1.54) is 18.5 Å². The Kier molecular flexibility index (Phi) is 3.94. The SMILES string of the molecule is Cc1ccc(S(=O)(=O)n2ccc3cc(/C=C/C(=O)O)cnc32)cc1. The van der Waals surface area contributed by atoms with Crippen LogP contribution in [-0.2, 0) is 14.8 Å². The normalized spacial score (nSPS) is 12.0. The first kappa shape index (κ1) is 15.9. The van der Waals surface area contributed by atoms with Crippen molar-refractivity contribution in [3.8, 4) is 0 Å². The molecule has 0 atom stereocenters. The van der Waals surface area contributed by atoms with Gasteiger partial charge in [-0.05, 0) is 42.8 Å². The van der Waals surface area contributed by atoms with Crippen LogP contribution >= 0.6 is 0 Å². The van der Waals surface area contributed by atoms with Gasteiger partial charge in [-0.3, -0.25) is 0 Å². The molecule has 0 aliphatic carbocycles. The maximum Gasteiger partial charge on any atom is 0.328 e. The zero-order chi connectivity index (χ0) is 17.3. The summed E-state index contributed by atoms with van der Waals surface area (Å²) in [5, 5.41) is 9.26. The Bertz CT molecular complexity index is 1050. The number of carboxylic acid groups (broad SMARTS) is 1. The lowest BCUT2D eigenvalue weighted by atomic mass is 10.2. The molecule has 2 heterocycles. The molecule has 1 N–H and O–H groups in total. The van der Waals surface area contributed by atoms with E-state index in [1.807, 2.05) is 6.92 Å². The van der Waals surface area contributed by atoms with Crippen LogP contribution in [0.1, 0.15) is 11.1 Å². The van der Waals surface area contributed by atoms with Crippen LogP contribution in [0.5, 0.6) is 0 Å². The molecule has 0 amide bonds. The summed E-state index contributed by atoms with van der Waals surface area (Å²) in [4.78, 5) is 14.9. The molecule has 7 heteroatoms. The van der Waals surface area contributed by atoms with Gasteiger partial charge >= 0.3 is 5.97 Å². The largest absolute Gasteiger partial charge is 0.478 e. The zero-order valence-electron chi connectivity index (χ0n) is 12.7. The van der Waals surface area contributed by atoms with Gasteiger partial charge in [0.2, 0.25) is 0 Å². The first-order valence-corrected chi connectivity index (χ1v) is 8.52. The van der Waals surface area contributed by atoms with E-state index in [0.717, 1.165) is 15.6 Å². The minimum absolute atomic E-state index is 0.183. The molecule has 24 heavy (non-hydrogen) atoms. The molecule has 122 valence electrons. The predicted octanol–water partition coefficient (Wildman–Crippen LogP) is 2.68. The molecule has 0 unspecified atom stereocenters. The molecule has 0 saturated carbocycles. The number of hydrogen-bond donors (Lipinski definition) is 1. The Morgan fingerprint density at radius 3 is 2.58 bits per heavy atom. The van der Waals surface area contributed by atoms with E-state index in [2.05, 4.69) is 4.98 Å². The number of aryl methyl sites for hydroxylation is 1. The molecule has 0 saturated heterocycles. The highest BCUT2D eigenvalue weighted by molar-refractivity contribution is 7.90. The lowest BCUT2D eigenvalue weighted by Crippen LogP contribution is -2.12. The van der Waals surface area contributed by atoms with Gasteiger partial charge in [0, 0.05) is 23.9 Å². The number of pyridine rings is 1. The summed E-state index contributed by atoms with van der Waals surface area (Å²) in [5.41, 5.74) is 1.85. The Hall–Kier alpha value is -2.93. The highest BCUT2D eigenvalue weighted by atomic mass is 32.2. The Morgan fingerprint density at radius 2 is 1.92 bits per heavy atom. The van der Waals surface area contributed by atoms with E-state index in [1.54, 1.807) is 36.4 Å². The van der Waals surface area contributed by atoms with Crippen molar-refractivity contribution in [2.45, 2.75) is 11.8 Å². The number of nitrogens with zero attached hydrogens (tertiary/aromatic N) is 2. The van der Waals surface area contributed by atoms with Gasteiger partial charge in [0.25, 0.3) is 10.0 Å². The molecule has 0 aliphatic rings. The summed E-state index contributed by atoms with van der Waals surface area (Å²) >= 11 is 0. The van der Waals surface area contributed by atoms with E-state index in [0.29, 0.717) is 16.6 Å². The van der Waals surface area contributed by atoms with Gasteiger partial charge in [-0.1, -0.05) is 17.7 Å². The number of carbonyl (C=O) groups is 1. The minimum atomic E-state index is -3.74. The van der Waals surface area contributed by atoms with Crippen LogP contribution < -0.4 is 0 Å². The standard InChI is InChI=1S/C17H14N2O4S/c1-12-2-5-15(6-3-12)24(22,23)19-9-8-14-10-13(4-7-16(20)21)11-18-17(14)19/h2-11H,1H3,(H,20,21)/b7-4+. The fourth-order valence-corrected chi connectivity index (χ4v) is 3.60. The second-order valence-electron chi connectivity index (χ2n) is 5.28. The van der Waals surface area contributed by atoms with E-state index in [-0.39, 0.29) is 4.90 Å². The van der Waals surface area contributed by atoms with E-state index in [4.69, 9.17) is 5.11 Å². The molecule has 0 aliphatic heterocycles. The summed E-state index contributed by atoms with van der Waals surface area (Å²) in [6.45, 7) is 1.88. The topological polar surface area (TPSA) is 89.3 Å². The molecular weight excluding hydrogens is 328 g/mol. The molecule has 0 spiro atoms. The molecule has 0 bridgehead atoms. The van der Waals surface area contributed by atoms with Gasteiger partial charge in [-0.15, -0.1) is 0 Å². The average molecular weight is 342 g/mol.